The number of nitrogens with two attached hydrogens (primary N) is 1. The number of carbonyl (C=O) groups excluding carboxylic acids is 1. The van der Waals surface area contributed by atoms with Gasteiger partial charge >= 0.3 is 0 Å². The Labute approximate surface area is 223 Å². The summed E-state index contributed by atoms with van der Waals surface area (Å²) in [5.74, 6) is -0.822. The first-order chi connectivity index (χ1) is 18.6. The number of halogens is 2. The normalized spacial score (nSPS) is 20.2. The molecule has 6 rings (SSSR count). The highest BCUT2D eigenvalue weighted by Crippen LogP contribution is 2.48. The van der Waals surface area contributed by atoms with Gasteiger partial charge in [0, 0.05) is 67.6 Å². The lowest BCUT2D eigenvalue weighted by Gasteiger charge is -2.22. The number of fused-ring (bicyclic) bond motifs is 1. The summed E-state index contributed by atoms with van der Waals surface area (Å²) in [4.78, 5) is 28.0. The Morgan fingerprint density at radius 1 is 1.03 bits per heavy atom. The Morgan fingerprint density at radius 2 is 1.74 bits per heavy atom. The van der Waals surface area contributed by atoms with E-state index in [1.165, 1.54) is 6.07 Å². The maximum absolute atomic E-state index is 13.9. The molecule has 2 N–H and O–H groups in total. The van der Waals surface area contributed by atoms with E-state index in [1.54, 1.807) is 53.3 Å². The van der Waals surface area contributed by atoms with Crippen molar-refractivity contribution in [1.29, 1.82) is 0 Å². The summed E-state index contributed by atoms with van der Waals surface area (Å²) < 4.78 is 35.2. The minimum Gasteiger partial charge on any atom is -0.474 e. The molecule has 0 spiro atoms. The molecule has 4 aromatic rings. The molecule has 2 aliphatic rings. The maximum atomic E-state index is 13.9. The van der Waals surface area contributed by atoms with Gasteiger partial charge in [0.25, 0.3) is 5.91 Å². The first kappa shape index (κ1) is 25.1. The summed E-state index contributed by atoms with van der Waals surface area (Å²) >= 11 is 0. The third-order valence-corrected chi connectivity index (χ3v) is 7.31. The minimum atomic E-state index is -0.951. The van der Waals surface area contributed by atoms with E-state index in [9.17, 15) is 13.6 Å². The molecule has 3 atom stereocenters. The van der Waals surface area contributed by atoms with E-state index >= 15 is 0 Å². The molecule has 1 unspecified atom stereocenters. The van der Waals surface area contributed by atoms with Gasteiger partial charge in [-0.05, 0) is 49.7 Å². The maximum Gasteiger partial charge on any atom is 0.272 e. The van der Waals surface area contributed by atoms with Crippen LogP contribution in [0.5, 0.6) is 5.88 Å². The molecular formula is C28H27F2N7O2. The standard InChI is InChI=1S/C28H27F2N7O2/c1-28(2,31)16-10-21(15-5-6-19(29)20(30)9-15)34-24(11-16)39-25-17-13-37(14-18(17)25)27(38)23-12-22(35-36(23)3)26-32-7-4-8-33-26/h4-12,17-18,25H,13-14,31H2,1-3H3/t17-,18+,25?. The highest BCUT2D eigenvalue weighted by atomic mass is 19.2. The second-order valence-corrected chi connectivity index (χ2v) is 10.7. The van der Waals surface area contributed by atoms with Crippen LogP contribution in [0.15, 0.2) is 54.9 Å². The van der Waals surface area contributed by atoms with Crippen molar-refractivity contribution >= 4 is 5.91 Å². The molecule has 11 heteroatoms. The van der Waals surface area contributed by atoms with Crippen LogP contribution in [0.3, 0.4) is 0 Å². The van der Waals surface area contributed by atoms with Crippen LogP contribution in [0.2, 0.25) is 0 Å². The number of carbonyl (C=O) groups is 1. The predicted octanol–water partition coefficient (Wildman–Crippen LogP) is 3.56. The van der Waals surface area contributed by atoms with Gasteiger partial charge in [0.2, 0.25) is 5.88 Å². The fourth-order valence-corrected chi connectivity index (χ4v) is 5.06. The quantitative estimate of drug-likeness (QED) is 0.405. The molecule has 1 saturated carbocycles. The highest BCUT2D eigenvalue weighted by molar-refractivity contribution is 5.94. The summed E-state index contributed by atoms with van der Waals surface area (Å²) in [7, 11) is 1.73. The number of likely N-dealkylation sites (tertiary alicyclic amines) is 1. The molecular weight excluding hydrogens is 504 g/mol. The van der Waals surface area contributed by atoms with E-state index in [2.05, 4.69) is 20.1 Å². The number of amides is 1. The monoisotopic (exact) mass is 531 g/mol. The van der Waals surface area contributed by atoms with E-state index < -0.39 is 17.2 Å². The largest absolute Gasteiger partial charge is 0.474 e. The van der Waals surface area contributed by atoms with Gasteiger partial charge in [-0.1, -0.05) is 0 Å². The van der Waals surface area contributed by atoms with Gasteiger partial charge in [-0.3, -0.25) is 9.48 Å². The SMILES string of the molecule is Cn1nc(-c2ncccn2)cc1C(=O)N1C[C@@H]2C(Oc3cc(C(C)(C)N)cc(-c4ccc(F)c(F)c4)n3)[C@@H]2C1. The zero-order valence-electron chi connectivity index (χ0n) is 21.7. The van der Waals surface area contributed by atoms with Crippen LogP contribution < -0.4 is 10.5 Å². The topological polar surface area (TPSA) is 112 Å². The van der Waals surface area contributed by atoms with Crippen LogP contribution in [0, 0.1) is 23.5 Å². The lowest BCUT2D eigenvalue weighted by molar-refractivity contribution is 0.0740. The molecule has 0 bridgehead atoms. The van der Waals surface area contributed by atoms with Gasteiger partial charge in [-0.25, -0.2) is 23.7 Å². The van der Waals surface area contributed by atoms with Crippen LogP contribution in [-0.4, -0.2) is 54.7 Å². The zero-order valence-corrected chi connectivity index (χ0v) is 21.7. The number of aryl methyl sites for hydroxylation is 1. The third kappa shape index (κ3) is 4.74. The second kappa shape index (κ2) is 9.19. The molecule has 9 nitrogen and oxygen atoms in total. The van der Waals surface area contributed by atoms with Gasteiger partial charge in [0.15, 0.2) is 17.5 Å². The summed E-state index contributed by atoms with van der Waals surface area (Å²) in [5.41, 5.74) is 8.27. The van der Waals surface area contributed by atoms with E-state index in [-0.39, 0.29) is 23.8 Å². The fraction of sp³-hybridized carbons (Fsp3) is 0.321. The third-order valence-electron chi connectivity index (χ3n) is 7.31. The summed E-state index contributed by atoms with van der Waals surface area (Å²) in [6.45, 7) is 4.80. The summed E-state index contributed by atoms with van der Waals surface area (Å²) in [5, 5.41) is 4.40. The average molecular weight is 532 g/mol. The molecule has 1 aliphatic heterocycles. The molecule has 1 saturated heterocycles. The molecule has 0 radical (unpaired) electrons. The van der Waals surface area contributed by atoms with Crippen molar-refractivity contribution in [3.05, 3.63) is 77.8 Å². The number of benzene rings is 1. The molecule has 200 valence electrons. The van der Waals surface area contributed by atoms with Crippen molar-refractivity contribution in [2.75, 3.05) is 13.1 Å². The molecule has 39 heavy (non-hydrogen) atoms. The number of hydrogen-bond donors (Lipinski definition) is 1. The van der Waals surface area contributed by atoms with Crippen LogP contribution >= 0.6 is 0 Å². The Morgan fingerprint density at radius 3 is 2.41 bits per heavy atom. The van der Waals surface area contributed by atoms with Crippen LogP contribution in [0.4, 0.5) is 8.78 Å². The van der Waals surface area contributed by atoms with E-state index in [0.29, 0.717) is 47.4 Å². The minimum absolute atomic E-state index is 0.102. The molecule has 4 heterocycles. The van der Waals surface area contributed by atoms with Gasteiger partial charge < -0.3 is 15.4 Å². The molecule has 3 aromatic heterocycles. The van der Waals surface area contributed by atoms with Gasteiger partial charge in [0.05, 0.1) is 5.69 Å². The van der Waals surface area contributed by atoms with E-state index in [4.69, 9.17) is 10.5 Å². The molecule has 1 aromatic carbocycles. The second-order valence-electron chi connectivity index (χ2n) is 10.7. The fourth-order valence-electron chi connectivity index (χ4n) is 5.06. The number of pyridine rings is 1. The van der Waals surface area contributed by atoms with Crippen molar-refractivity contribution in [3.8, 4) is 28.7 Å². The smallest absolute Gasteiger partial charge is 0.272 e. The lowest BCUT2D eigenvalue weighted by atomic mass is 9.95. The Bertz CT molecular complexity index is 1560. The first-order valence-corrected chi connectivity index (χ1v) is 12.6. The highest BCUT2D eigenvalue weighted by Gasteiger charge is 2.59. The zero-order chi connectivity index (χ0) is 27.5. The number of ether oxygens (including phenoxy) is 1. The Balaban J connectivity index is 1.17. The molecule has 2 fully saturated rings. The number of aromatic nitrogens is 5. The van der Waals surface area contributed by atoms with Crippen molar-refractivity contribution < 1.29 is 18.3 Å². The van der Waals surface area contributed by atoms with Gasteiger partial charge in [-0.2, -0.15) is 5.10 Å². The van der Waals surface area contributed by atoms with Gasteiger partial charge in [0.1, 0.15) is 17.5 Å². The van der Waals surface area contributed by atoms with Crippen LogP contribution in [0.25, 0.3) is 22.8 Å². The van der Waals surface area contributed by atoms with Gasteiger partial charge in [-0.15, -0.1) is 0 Å². The lowest BCUT2D eigenvalue weighted by Crippen LogP contribution is -2.34. The predicted molar refractivity (Wildman–Crippen MR) is 138 cm³/mol. The van der Waals surface area contributed by atoms with Crippen molar-refractivity contribution in [1.82, 2.24) is 29.6 Å². The summed E-state index contributed by atoms with van der Waals surface area (Å²) in [6.07, 6.45) is 3.16. The number of nitrogens with zero attached hydrogens (tertiary/aromatic N) is 6. The molecule has 1 aliphatic carbocycles. The average Bonchev–Trinajstić information content (AvgIpc) is 3.22. The first-order valence-electron chi connectivity index (χ1n) is 12.6. The van der Waals surface area contributed by atoms with Crippen molar-refractivity contribution in [2.45, 2.75) is 25.5 Å². The van der Waals surface area contributed by atoms with Crippen LogP contribution in [-0.2, 0) is 12.6 Å². The Kier molecular flexibility index (Phi) is 5.91. The van der Waals surface area contributed by atoms with Crippen molar-refractivity contribution in [3.63, 3.8) is 0 Å². The number of rotatable bonds is 6. The van der Waals surface area contributed by atoms with Crippen LogP contribution in [0.1, 0.15) is 29.9 Å². The Hall–Kier alpha value is -4.25. The number of piperidine rings is 1. The van der Waals surface area contributed by atoms with Crippen molar-refractivity contribution in [2.24, 2.45) is 24.6 Å². The van der Waals surface area contributed by atoms with E-state index in [0.717, 1.165) is 17.7 Å². The summed E-state index contributed by atoms with van der Waals surface area (Å²) in [6, 6.07) is 10.6. The molecule has 1 amide bonds. The van der Waals surface area contributed by atoms with E-state index in [1.807, 2.05) is 13.8 Å². The number of hydrogen-bond acceptors (Lipinski definition) is 7.